The second-order valence-electron chi connectivity index (χ2n) is 8.60. The van der Waals surface area contributed by atoms with Gasteiger partial charge in [0.15, 0.2) is 0 Å². The predicted molar refractivity (Wildman–Crippen MR) is 134 cm³/mol. The van der Waals surface area contributed by atoms with E-state index in [2.05, 4.69) is 62.9 Å². The molecule has 6 nitrogen and oxygen atoms in total. The molecule has 170 valence electrons. The molecule has 0 bridgehead atoms. The highest BCUT2D eigenvalue weighted by atomic mass is 16.2. The van der Waals surface area contributed by atoms with Crippen LogP contribution in [0.3, 0.4) is 0 Å². The maximum Gasteiger partial charge on any atom is 0.313 e. The molecule has 2 amide bonds. The third-order valence-electron chi connectivity index (χ3n) is 6.07. The SMILES string of the molecule is Cc1ccc(NC(=O)C(=O)NC[C@@H](c2ccc(N(C)C)cc2)N2CCc3ccccc32)cc1. The Balaban J connectivity index is 1.50. The molecule has 0 saturated heterocycles. The molecule has 0 unspecified atom stereocenters. The number of amides is 2. The van der Waals surface area contributed by atoms with Gasteiger partial charge in [0.05, 0.1) is 6.04 Å². The molecule has 1 heterocycles. The molecule has 6 heteroatoms. The molecule has 1 aliphatic heterocycles. The summed E-state index contributed by atoms with van der Waals surface area (Å²) in [6.07, 6.45) is 0.963. The lowest BCUT2D eigenvalue weighted by Gasteiger charge is -2.31. The van der Waals surface area contributed by atoms with Crippen molar-refractivity contribution >= 4 is 28.9 Å². The lowest BCUT2D eigenvalue weighted by molar-refractivity contribution is -0.136. The first-order chi connectivity index (χ1) is 15.9. The van der Waals surface area contributed by atoms with Crippen LogP contribution in [0.5, 0.6) is 0 Å². The number of aryl methyl sites for hydroxylation is 1. The van der Waals surface area contributed by atoms with Crippen LogP contribution in [0.1, 0.15) is 22.7 Å². The van der Waals surface area contributed by atoms with Crippen molar-refractivity contribution in [3.63, 3.8) is 0 Å². The first kappa shape index (κ1) is 22.4. The van der Waals surface area contributed by atoms with E-state index in [0.29, 0.717) is 12.2 Å². The summed E-state index contributed by atoms with van der Waals surface area (Å²) in [5.74, 6) is -1.31. The molecule has 0 radical (unpaired) electrons. The Morgan fingerprint density at radius 2 is 1.64 bits per heavy atom. The van der Waals surface area contributed by atoms with E-state index in [-0.39, 0.29) is 6.04 Å². The van der Waals surface area contributed by atoms with Gasteiger partial charge in [-0.25, -0.2) is 0 Å². The molecule has 33 heavy (non-hydrogen) atoms. The molecule has 3 aromatic carbocycles. The molecule has 1 atom stereocenters. The van der Waals surface area contributed by atoms with E-state index in [9.17, 15) is 9.59 Å². The average molecular weight is 443 g/mol. The molecule has 4 rings (SSSR count). The van der Waals surface area contributed by atoms with Crippen LogP contribution in [0.2, 0.25) is 0 Å². The highest BCUT2D eigenvalue weighted by Gasteiger charge is 2.28. The van der Waals surface area contributed by atoms with E-state index in [1.54, 1.807) is 12.1 Å². The van der Waals surface area contributed by atoms with Crippen LogP contribution in [0.25, 0.3) is 0 Å². The Kier molecular flexibility index (Phi) is 6.63. The molecule has 0 saturated carbocycles. The van der Waals surface area contributed by atoms with Gasteiger partial charge in [-0.05, 0) is 54.8 Å². The maximum atomic E-state index is 12.6. The van der Waals surface area contributed by atoms with Gasteiger partial charge >= 0.3 is 11.8 Å². The smallest absolute Gasteiger partial charge is 0.313 e. The minimum atomic E-state index is -0.664. The number of hydrogen-bond donors (Lipinski definition) is 2. The number of nitrogens with zero attached hydrogens (tertiary/aromatic N) is 2. The van der Waals surface area contributed by atoms with Crippen molar-refractivity contribution in [1.82, 2.24) is 5.32 Å². The standard InChI is InChI=1S/C27H30N4O2/c1-19-8-12-22(13-9-19)29-27(33)26(32)28-18-25(21-10-14-23(15-11-21)30(2)3)31-17-16-20-6-4-5-7-24(20)31/h4-15,25H,16-18H2,1-3H3,(H,28,32)(H,29,33)/t25-/m0/s1. The zero-order chi connectivity index (χ0) is 23.4. The molecule has 1 aliphatic rings. The summed E-state index contributed by atoms with van der Waals surface area (Å²) in [6, 6.07) is 24.0. The number of nitrogens with one attached hydrogen (secondary N) is 2. The van der Waals surface area contributed by atoms with Gasteiger partial charge in [-0.15, -0.1) is 0 Å². The molecule has 0 aromatic heterocycles. The quantitative estimate of drug-likeness (QED) is 0.568. The lowest BCUT2D eigenvalue weighted by Crippen LogP contribution is -2.41. The topological polar surface area (TPSA) is 64.7 Å². The molecule has 0 spiro atoms. The summed E-state index contributed by atoms with van der Waals surface area (Å²) in [5, 5.41) is 5.52. The summed E-state index contributed by atoms with van der Waals surface area (Å²) in [6.45, 7) is 3.17. The number of fused-ring (bicyclic) bond motifs is 1. The minimum absolute atomic E-state index is 0.0824. The lowest BCUT2D eigenvalue weighted by atomic mass is 10.0. The first-order valence-electron chi connectivity index (χ1n) is 11.2. The number of carbonyl (C=O) groups is 2. The van der Waals surface area contributed by atoms with Crippen LogP contribution in [-0.4, -0.2) is 39.0 Å². The first-order valence-corrected chi connectivity index (χ1v) is 11.2. The molecule has 0 aliphatic carbocycles. The van der Waals surface area contributed by atoms with Gasteiger partial charge in [-0.3, -0.25) is 9.59 Å². The zero-order valence-corrected chi connectivity index (χ0v) is 19.3. The number of benzene rings is 3. The van der Waals surface area contributed by atoms with Gasteiger partial charge in [-0.2, -0.15) is 0 Å². The van der Waals surface area contributed by atoms with Crippen LogP contribution in [0, 0.1) is 6.92 Å². The van der Waals surface area contributed by atoms with Crippen LogP contribution in [0.4, 0.5) is 17.1 Å². The number of carbonyl (C=O) groups excluding carboxylic acids is 2. The highest BCUT2D eigenvalue weighted by molar-refractivity contribution is 6.39. The van der Waals surface area contributed by atoms with E-state index in [4.69, 9.17) is 0 Å². The zero-order valence-electron chi connectivity index (χ0n) is 19.3. The summed E-state index contributed by atoms with van der Waals surface area (Å²) >= 11 is 0. The second-order valence-corrected chi connectivity index (χ2v) is 8.60. The second kappa shape index (κ2) is 9.77. The normalized spacial score (nSPS) is 13.2. The van der Waals surface area contributed by atoms with Gasteiger partial charge in [0, 0.05) is 44.2 Å². The Morgan fingerprint density at radius 3 is 2.33 bits per heavy atom. The van der Waals surface area contributed by atoms with E-state index in [1.165, 1.54) is 11.3 Å². The Labute approximate surface area is 195 Å². The largest absolute Gasteiger partial charge is 0.378 e. The number of rotatable bonds is 6. The van der Waals surface area contributed by atoms with Gasteiger partial charge in [0.25, 0.3) is 0 Å². The predicted octanol–water partition coefficient (Wildman–Crippen LogP) is 3.92. The third kappa shape index (κ3) is 5.17. The van der Waals surface area contributed by atoms with Crippen molar-refractivity contribution in [3.8, 4) is 0 Å². The Hall–Kier alpha value is -3.80. The average Bonchev–Trinajstić information content (AvgIpc) is 3.25. The van der Waals surface area contributed by atoms with Crippen molar-refractivity contribution in [2.24, 2.45) is 0 Å². The third-order valence-corrected chi connectivity index (χ3v) is 6.07. The molecule has 2 N–H and O–H groups in total. The van der Waals surface area contributed by atoms with E-state index < -0.39 is 11.8 Å². The van der Waals surface area contributed by atoms with Crippen LogP contribution < -0.4 is 20.4 Å². The van der Waals surface area contributed by atoms with Gasteiger partial charge < -0.3 is 20.4 Å². The highest BCUT2D eigenvalue weighted by Crippen LogP contribution is 2.35. The van der Waals surface area contributed by atoms with Crippen molar-refractivity contribution in [3.05, 3.63) is 89.5 Å². The van der Waals surface area contributed by atoms with E-state index in [1.807, 2.05) is 39.2 Å². The summed E-state index contributed by atoms with van der Waals surface area (Å²) in [7, 11) is 4.02. The van der Waals surface area contributed by atoms with Crippen molar-refractivity contribution in [2.75, 3.05) is 42.3 Å². The molecular weight excluding hydrogens is 412 g/mol. The fourth-order valence-electron chi connectivity index (χ4n) is 4.18. The number of anilines is 3. The van der Waals surface area contributed by atoms with Crippen LogP contribution in [0.15, 0.2) is 72.8 Å². The minimum Gasteiger partial charge on any atom is -0.378 e. The van der Waals surface area contributed by atoms with Crippen molar-refractivity contribution in [2.45, 2.75) is 19.4 Å². The van der Waals surface area contributed by atoms with Crippen LogP contribution in [-0.2, 0) is 16.0 Å². The number of para-hydroxylation sites is 1. The fraction of sp³-hybridized carbons (Fsp3) is 0.259. The van der Waals surface area contributed by atoms with E-state index in [0.717, 1.165) is 29.8 Å². The fourth-order valence-corrected chi connectivity index (χ4v) is 4.18. The van der Waals surface area contributed by atoms with Gasteiger partial charge in [0.2, 0.25) is 0 Å². The van der Waals surface area contributed by atoms with Crippen molar-refractivity contribution in [1.29, 1.82) is 0 Å². The molecular formula is C27H30N4O2. The Bertz CT molecular complexity index is 1120. The maximum absolute atomic E-state index is 12.6. The Morgan fingerprint density at radius 1 is 0.939 bits per heavy atom. The summed E-state index contributed by atoms with van der Waals surface area (Å²) < 4.78 is 0. The monoisotopic (exact) mass is 442 g/mol. The van der Waals surface area contributed by atoms with E-state index >= 15 is 0 Å². The molecule has 3 aromatic rings. The summed E-state index contributed by atoms with van der Waals surface area (Å²) in [4.78, 5) is 29.4. The number of hydrogen-bond acceptors (Lipinski definition) is 4. The molecule has 0 fully saturated rings. The summed E-state index contributed by atoms with van der Waals surface area (Å²) in [5.41, 5.74) is 6.38. The van der Waals surface area contributed by atoms with Gasteiger partial charge in [-0.1, -0.05) is 48.0 Å². The van der Waals surface area contributed by atoms with Gasteiger partial charge in [0.1, 0.15) is 0 Å². The van der Waals surface area contributed by atoms with Crippen molar-refractivity contribution < 1.29 is 9.59 Å². The van der Waals surface area contributed by atoms with Crippen LogP contribution >= 0.6 is 0 Å².